The molecule has 8 nitrogen and oxygen atoms in total. The summed E-state index contributed by atoms with van der Waals surface area (Å²) in [6, 6.07) is 13.4. The van der Waals surface area contributed by atoms with Crippen molar-refractivity contribution in [2.45, 2.75) is 19.4 Å². The molecule has 1 unspecified atom stereocenters. The van der Waals surface area contributed by atoms with Gasteiger partial charge in [0, 0.05) is 36.8 Å². The summed E-state index contributed by atoms with van der Waals surface area (Å²) in [4.78, 5) is 55.3. The van der Waals surface area contributed by atoms with Gasteiger partial charge in [0.05, 0.1) is 0 Å². The van der Waals surface area contributed by atoms with Gasteiger partial charge in [-0.2, -0.15) is 0 Å². The fourth-order valence-electron chi connectivity index (χ4n) is 4.09. The third-order valence-electron chi connectivity index (χ3n) is 6.21. The van der Waals surface area contributed by atoms with E-state index in [1.165, 1.54) is 0 Å². The second-order valence-corrected chi connectivity index (χ2v) is 8.93. The second-order valence-electron chi connectivity index (χ2n) is 8.49. The first-order valence-corrected chi connectivity index (χ1v) is 11.1. The predicted molar refractivity (Wildman–Crippen MR) is 123 cm³/mol. The highest BCUT2D eigenvalue weighted by molar-refractivity contribution is 6.30. The van der Waals surface area contributed by atoms with Crippen LogP contribution in [0.15, 0.2) is 48.5 Å². The van der Waals surface area contributed by atoms with E-state index >= 15 is 0 Å². The molecule has 2 aliphatic heterocycles. The Bertz CT molecular complexity index is 1090. The summed E-state index contributed by atoms with van der Waals surface area (Å²) in [6.45, 7) is 4.65. The Kier molecular flexibility index (Phi) is 6.12. The van der Waals surface area contributed by atoms with Crippen molar-refractivity contribution in [2.75, 3.05) is 32.7 Å². The molecule has 1 atom stereocenters. The summed E-state index contributed by atoms with van der Waals surface area (Å²) < 4.78 is 0. The molecule has 2 heterocycles. The average Bonchev–Trinajstić information content (AvgIpc) is 3.03. The van der Waals surface area contributed by atoms with Crippen LogP contribution in [0.1, 0.15) is 28.4 Å². The molecule has 0 radical (unpaired) electrons. The maximum absolute atomic E-state index is 13.1. The highest BCUT2D eigenvalue weighted by Crippen LogP contribution is 2.29. The van der Waals surface area contributed by atoms with Gasteiger partial charge in [-0.3, -0.25) is 19.3 Å². The molecule has 0 spiro atoms. The van der Waals surface area contributed by atoms with Crippen LogP contribution in [-0.4, -0.2) is 71.2 Å². The van der Waals surface area contributed by atoms with E-state index in [9.17, 15) is 19.2 Å². The maximum atomic E-state index is 13.1. The largest absolute Gasteiger partial charge is 0.338 e. The van der Waals surface area contributed by atoms with E-state index in [0.29, 0.717) is 42.3 Å². The van der Waals surface area contributed by atoms with E-state index in [1.54, 1.807) is 53.1 Å². The van der Waals surface area contributed by atoms with Crippen LogP contribution in [0.2, 0.25) is 5.02 Å². The van der Waals surface area contributed by atoms with Crippen molar-refractivity contribution in [3.05, 3.63) is 70.2 Å². The smallest absolute Gasteiger partial charge is 0.325 e. The molecule has 0 aromatic heterocycles. The van der Waals surface area contributed by atoms with Crippen LogP contribution < -0.4 is 5.32 Å². The molecule has 5 amide bonds. The highest BCUT2D eigenvalue weighted by atomic mass is 35.5. The Hall–Kier alpha value is -3.39. The first-order valence-electron chi connectivity index (χ1n) is 10.7. The van der Waals surface area contributed by atoms with Gasteiger partial charge in [-0.25, -0.2) is 4.79 Å². The molecule has 0 aliphatic carbocycles. The van der Waals surface area contributed by atoms with E-state index in [4.69, 9.17) is 11.6 Å². The molecule has 0 saturated carbocycles. The van der Waals surface area contributed by atoms with Gasteiger partial charge in [-0.1, -0.05) is 41.4 Å². The molecule has 2 aromatic rings. The van der Waals surface area contributed by atoms with Crippen LogP contribution in [0.25, 0.3) is 0 Å². The Morgan fingerprint density at radius 1 is 0.939 bits per heavy atom. The SMILES string of the molecule is Cc1ccc(C2(C)NC(=O)N(CC(=O)N3CCN(C(=O)c4ccc(Cl)cc4)CC3)C2=O)cc1. The number of urea groups is 1. The van der Waals surface area contributed by atoms with E-state index in [0.717, 1.165) is 10.5 Å². The fourth-order valence-corrected chi connectivity index (χ4v) is 4.22. The average molecular weight is 469 g/mol. The van der Waals surface area contributed by atoms with Gasteiger partial charge >= 0.3 is 6.03 Å². The number of benzene rings is 2. The van der Waals surface area contributed by atoms with Gasteiger partial charge in [0.2, 0.25) is 5.91 Å². The molecule has 1 N–H and O–H groups in total. The molecule has 2 fully saturated rings. The van der Waals surface area contributed by atoms with Gasteiger partial charge in [0.25, 0.3) is 11.8 Å². The van der Waals surface area contributed by atoms with Gasteiger partial charge in [-0.15, -0.1) is 0 Å². The number of imide groups is 1. The van der Waals surface area contributed by atoms with Crippen LogP contribution in [0.3, 0.4) is 0 Å². The summed E-state index contributed by atoms with van der Waals surface area (Å²) in [5, 5.41) is 3.28. The van der Waals surface area contributed by atoms with Crippen molar-refractivity contribution in [3.63, 3.8) is 0 Å². The topological polar surface area (TPSA) is 90.0 Å². The molecule has 0 bridgehead atoms. The van der Waals surface area contributed by atoms with E-state index in [-0.39, 0.29) is 18.4 Å². The molecule has 2 saturated heterocycles. The lowest BCUT2D eigenvalue weighted by molar-refractivity contribution is -0.139. The minimum atomic E-state index is -1.21. The Labute approximate surface area is 197 Å². The molecule has 9 heteroatoms. The van der Waals surface area contributed by atoms with E-state index in [2.05, 4.69) is 5.32 Å². The first-order chi connectivity index (χ1) is 15.7. The molecule has 4 rings (SSSR count). The van der Waals surface area contributed by atoms with Crippen molar-refractivity contribution in [2.24, 2.45) is 0 Å². The molecule has 172 valence electrons. The molecular formula is C24H25ClN4O4. The number of carbonyl (C=O) groups is 4. The number of rotatable bonds is 4. The third-order valence-corrected chi connectivity index (χ3v) is 6.46. The minimum absolute atomic E-state index is 0.123. The van der Waals surface area contributed by atoms with Crippen molar-refractivity contribution in [3.8, 4) is 0 Å². The lowest BCUT2D eigenvalue weighted by Gasteiger charge is -2.35. The number of piperazine rings is 1. The Morgan fingerprint density at radius 2 is 1.52 bits per heavy atom. The van der Waals surface area contributed by atoms with Crippen molar-refractivity contribution >= 4 is 35.4 Å². The number of nitrogens with one attached hydrogen (secondary N) is 1. The summed E-state index contributed by atoms with van der Waals surface area (Å²) >= 11 is 5.88. The molecule has 33 heavy (non-hydrogen) atoms. The summed E-state index contributed by atoms with van der Waals surface area (Å²) in [5.41, 5.74) is 1.03. The monoisotopic (exact) mass is 468 g/mol. The number of aryl methyl sites for hydroxylation is 1. The van der Waals surface area contributed by atoms with Crippen LogP contribution in [0.5, 0.6) is 0 Å². The van der Waals surface area contributed by atoms with Crippen LogP contribution in [0, 0.1) is 6.92 Å². The Balaban J connectivity index is 1.36. The number of halogens is 1. The molecule has 2 aliphatic rings. The Morgan fingerprint density at radius 3 is 2.12 bits per heavy atom. The first kappa shape index (κ1) is 22.8. The lowest BCUT2D eigenvalue weighted by Crippen LogP contribution is -2.53. The highest BCUT2D eigenvalue weighted by Gasteiger charge is 2.49. The summed E-state index contributed by atoms with van der Waals surface area (Å²) in [5.74, 6) is -0.909. The van der Waals surface area contributed by atoms with E-state index in [1.807, 2.05) is 19.1 Å². The summed E-state index contributed by atoms with van der Waals surface area (Å²) in [6.07, 6.45) is 0. The number of amides is 5. The standard InChI is InChI=1S/C24H25ClN4O4/c1-16-3-7-18(8-4-16)24(2)22(32)29(23(33)26-24)15-20(30)27-11-13-28(14-12-27)21(31)17-5-9-19(25)10-6-17/h3-10H,11-15H2,1-2H3,(H,26,33). The van der Waals surface area contributed by atoms with Crippen LogP contribution in [0.4, 0.5) is 4.79 Å². The summed E-state index contributed by atoms with van der Waals surface area (Å²) in [7, 11) is 0. The van der Waals surface area contributed by atoms with Gasteiger partial charge < -0.3 is 15.1 Å². The zero-order valence-corrected chi connectivity index (χ0v) is 19.3. The van der Waals surface area contributed by atoms with Crippen LogP contribution >= 0.6 is 11.6 Å². The lowest BCUT2D eigenvalue weighted by atomic mass is 9.91. The van der Waals surface area contributed by atoms with Crippen LogP contribution in [-0.2, 0) is 15.1 Å². The number of carbonyl (C=O) groups excluding carboxylic acids is 4. The minimum Gasteiger partial charge on any atom is -0.338 e. The number of nitrogens with zero attached hydrogens (tertiary/aromatic N) is 3. The predicted octanol–water partition coefficient (Wildman–Crippen LogP) is 2.40. The number of hydrogen-bond acceptors (Lipinski definition) is 4. The normalized spacial score (nSPS) is 20.8. The molecule has 2 aromatic carbocycles. The third kappa shape index (κ3) is 4.43. The number of hydrogen-bond donors (Lipinski definition) is 1. The maximum Gasteiger partial charge on any atom is 0.325 e. The van der Waals surface area contributed by atoms with Crippen molar-refractivity contribution in [1.29, 1.82) is 0 Å². The van der Waals surface area contributed by atoms with Gasteiger partial charge in [0.15, 0.2) is 0 Å². The zero-order valence-electron chi connectivity index (χ0n) is 18.5. The quantitative estimate of drug-likeness (QED) is 0.698. The molecular weight excluding hydrogens is 444 g/mol. The fraction of sp³-hybridized carbons (Fsp3) is 0.333. The van der Waals surface area contributed by atoms with Crippen molar-refractivity contribution < 1.29 is 19.2 Å². The second kappa shape index (κ2) is 8.86. The van der Waals surface area contributed by atoms with Gasteiger partial charge in [0.1, 0.15) is 12.1 Å². The van der Waals surface area contributed by atoms with E-state index < -0.39 is 17.5 Å². The van der Waals surface area contributed by atoms with Gasteiger partial charge in [-0.05, 0) is 43.7 Å². The van der Waals surface area contributed by atoms with Crippen molar-refractivity contribution in [1.82, 2.24) is 20.0 Å². The zero-order chi connectivity index (χ0) is 23.8.